The Balaban J connectivity index is 0.000000370. The van der Waals surface area contributed by atoms with E-state index >= 15 is 0 Å². The molecule has 0 aromatic heterocycles. The number of aliphatic carboxylic acids is 1. The minimum atomic E-state index is -5.08. The predicted molar refractivity (Wildman–Crippen MR) is 101 cm³/mol. The van der Waals surface area contributed by atoms with Gasteiger partial charge in [0.15, 0.2) is 0 Å². The van der Waals surface area contributed by atoms with Crippen LogP contribution in [0.1, 0.15) is 35.2 Å². The molecular formula is C20H27F3N2O4. The highest BCUT2D eigenvalue weighted by molar-refractivity contribution is 5.94. The van der Waals surface area contributed by atoms with Crippen molar-refractivity contribution in [2.24, 2.45) is 0 Å². The molecule has 2 fully saturated rings. The highest BCUT2D eigenvalue weighted by atomic mass is 19.4. The molecule has 2 aliphatic rings. The Labute approximate surface area is 168 Å². The zero-order valence-electron chi connectivity index (χ0n) is 16.8. The van der Waals surface area contributed by atoms with Gasteiger partial charge in [0.2, 0.25) is 0 Å². The molecule has 1 spiro atoms. The van der Waals surface area contributed by atoms with Crippen LogP contribution in [-0.2, 0) is 9.53 Å². The summed E-state index contributed by atoms with van der Waals surface area (Å²) in [4.78, 5) is 25.7. The molecule has 1 unspecified atom stereocenters. The lowest BCUT2D eigenvalue weighted by molar-refractivity contribution is -0.192. The van der Waals surface area contributed by atoms with E-state index < -0.39 is 12.1 Å². The molecule has 0 saturated carbocycles. The lowest BCUT2D eigenvalue weighted by Gasteiger charge is -2.39. The zero-order chi connectivity index (χ0) is 21.8. The van der Waals surface area contributed by atoms with E-state index in [0.717, 1.165) is 44.5 Å². The van der Waals surface area contributed by atoms with Crippen LogP contribution in [0.25, 0.3) is 0 Å². The maximum atomic E-state index is 12.6. The van der Waals surface area contributed by atoms with E-state index in [2.05, 4.69) is 19.0 Å². The summed E-state index contributed by atoms with van der Waals surface area (Å²) >= 11 is 0. The van der Waals surface area contributed by atoms with Crippen molar-refractivity contribution in [3.8, 4) is 0 Å². The van der Waals surface area contributed by atoms with Crippen LogP contribution in [0.5, 0.6) is 0 Å². The minimum Gasteiger partial charge on any atom is -0.475 e. The Kier molecular flexibility index (Phi) is 7.29. The van der Waals surface area contributed by atoms with Crippen molar-refractivity contribution in [1.82, 2.24) is 9.80 Å². The number of carbonyl (C=O) groups excluding carboxylic acids is 1. The average Bonchev–Trinajstić information content (AvgIpc) is 3.06. The van der Waals surface area contributed by atoms with Crippen LogP contribution in [0.2, 0.25) is 0 Å². The summed E-state index contributed by atoms with van der Waals surface area (Å²) in [5.74, 6) is -2.61. The zero-order valence-corrected chi connectivity index (χ0v) is 16.8. The number of carboxylic acid groups (broad SMARTS) is 1. The fourth-order valence-electron chi connectivity index (χ4n) is 3.50. The third-order valence-corrected chi connectivity index (χ3v) is 5.42. The van der Waals surface area contributed by atoms with Gasteiger partial charge in [0, 0.05) is 24.7 Å². The van der Waals surface area contributed by atoms with Crippen molar-refractivity contribution in [3.05, 3.63) is 35.4 Å². The van der Waals surface area contributed by atoms with E-state index in [1.807, 2.05) is 36.1 Å². The number of alkyl halides is 3. The monoisotopic (exact) mass is 416 g/mol. The first-order valence-corrected chi connectivity index (χ1v) is 9.40. The number of carbonyl (C=O) groups is 2. The molecule has 1 aromatic rings. The van der Waals surface area contributed by atoms with Crippen LogP contribution >= 0.6 is 0 Å². The van der Waals surface area contributed by atoms with Crippen LogP contribution in [0.15, 0.2) is 24.3 Å². The number of likely N-dealkylation sites (tertiary alicyclic amines) is 1. The van der Waals surface area contributed by atoms with Crippen LogP contribution in [0.3, 0.4) is 0 Å². The summed E-state index contributed by atoms with van der Waals surface area (Å²) in [7, 11) is 4.23. The van der Waals surface area contributed by atoms with Gasteiger partial charge in [-0.1, -0.05) is 17.7 Å². The van der Waals surface area contributed by atoms with E-state index in [9.17, 15) is 18.0 Å². The summed E-state index contributed by atoms with van der Waals surface area (Å²) in [6, 6.07) is 8.37. The molecule has 3 rings (SSSR count). The van der Waals surface area contributed by atoms with E-state index in [4.69, 9.17) is 14.6 Å². The number of aryl methyl sites for hydroxylation is 1. The predicted octanol–water partition coefficient (Wildman–Crippen LogP) is 2.95. The van der Waals surface area contributed by atoms with Gasteiger partial charge in [-0.2, -0.15) is 13.2 Å². The Morgan fingerprint density at radius 2 is 1.69 bits per heavy atom. The molecule has 2 aliphatic heterocycles. The summed E-state index contributed by atoms with van der Waals surface area (Å²) in [6.07, 6.45) is -2.09. The Morgan fingerprint density at radius 3 is 2.10 bits per heavy atom. The van der Waals surface area contributed by atoms with Crippen LogP contribution in [0, 0.1) is 6.92 Å². The molecular weight excluding hydrogens is 389 g/mol. The quantitative estimate of drug-likeness (QED) is 0.803. The third-order valence-electron chi connectivity index (χ3n) is 5.42. The molecule has 1 amide bonds. The van der Waals surface area contributed by atoms with Crippen LogP contribution in [0.4, 0.5) is 13.2 Å². The second-order valence-electron chi connectivity index (χ2n) is 7.78. The molecule has 2 heterocycles. The van der Waals surface area contributed by atoms with Crippen molar-refractivity contribution < 1.29 is 32.6 Å². The number of nitrogens with zero attached hydrogens (tertiary/aromatic N) is 2. The molecule has 2 saturated heterocycles. The Bertz CT molecular complexity index is 711. The van der Waals surface area contributed by atoms with Crippen molar-refractivity contribution in [3.63, 3.8) is 0 Å². The number of rotatable bonds is 2. The number of hydrogen-bond acceptors (Lipinski definition) is 4. The van der Waals surface area contributed by atoms with E-state index in [1.54, 1.807) is 0 Å². The number of carboxylic acids is 1. The van der Waals surface area contributed by atoms with Gasteiger partial charge >= 0.3 is 12.1 Å². The van der Waals surface area contributed by atoms with Crippen LogP contribution < -0.4 is 0 Å². The van der Waals surface area contributed by atoms with Crippen molar-refractivity contribution >= 4 is 11.9 Å². The number of likely N-dealkylation sites (N-methyl/N-ethyl adjacent to an activating group) is 1. The van der Waals surface area contributed by atoms with Crippen molar-refractivity contribution in [2.75, 3.05) is 33.8 Å². The first-order valence-electron chi connectivity index (χ1n) is 9.40. The number of amides is 1. The van der Waals surface area contributed by atoms with Gasteiger partial charge in [0.1, 0.15) is 0 Å². The molecule has 1 N–H and O–H groups in total. The third kappa shape index (κ3) is 6.17. The van der Waals surface area contributed by atoms with Gasteiger partial charge in [-0.15, -0.1) is 0 Å². The molecule has 0 aliphatic carbocycles. The molecule has 6 nitrogen and oxygen atoms in total. The largest absolute Gasteiger partial charge is 0.490 e. The summed E-state index contributed by atoms with van der Waals surface area (Å²) in [5.41, 5.74) is 1.97. The SMILES string of the molecule is Cc1ccc(C(=O)N2CCC3(CC2)CC(N(C)C)CO3)cc1.O=C(O)C(F)(F)F. The molecule has 0 bridgehead atoms. The number of piperidine rings is 1. The van der Waals surface area contributed by atoms with Gasteiger partial charge in [0.25, 0.3) is 5.91 Å². The highest BCUT2D eigenvalue weighted by Crippen LogP contribution is 2.37. The van der Waals surface area contributed by atoms with Crippen molar-refractivity contribution in [2.45, 2.75) is 44.0 Å². The number of halogens is 3. The second-order valence-corrected chi connectivity index (χ2v) is 7.78. The van der Waals surface area contributed by atoms with Gasteiger partial charge in [-0.3, -0.25) is 4.79 Å². The maximum Gasteiger partial charge on any atom is 0.490 e. The lowest BCUT2D eigenvalue weighted by Crippen LogP contribution is -2.46. The fraction of sp³-hybridized carbons (Fsp3) is 0.600. The molecule has 29 heavy (non-hydrogen) atoms. The molecule has 162 valence electrons. The average molecular weight is 416 g/mol. The van der Waals surface area contributed by atoms with Crippen LogP contribution in [-0.4, -0.2) is 78.4 Å². The number of benzene rings is 1. The molecule has 9 heteroatoms. The standard InChI is InChI=1S/C18H26N2O2.C2HF3O2/c1-14-4-6-15(7-5-14)17(21)20-10-8-18(9-11-20)12-16(13-22-18)19(2)3;3-2(4,5)1(6)7/h4-7,16H,8-13H2,1-3H3;(H,6,7). The highest BCUT2D eigenvalue weighted by Gasteiger charge is 2.44. The normalized spacial score (nSPS) is 21.1. The minimum absolute atomic E-state index is 0.000999. The van der Waals surface area contributed by atoms with Gasteiger partial charge in [0.05, 0.1) is 12.2 Å². The molecule has 0 radical (unpaired) electrons. The Morgan fingerprint density at radius 1 is 1.17 bits per heavy atom. The smallest absolute Gasteiger partial charge is 0.475 e. The molecule has 1 atom stereocenters. The van der Waals surface area contributed by atoms with Gasteiger partial charge in [-0.05, 0) is 52.4 Å². The van der Waals surface area contributed by atoms with E-state index in [0.29, 0.717) is 6.04 Å². The summed E-state index contributed by atoms with van der Waals surface area (Å²) in [6.45, 7) is 4.45. The first kappa shape index (κ1) is 23.2. The number of hydrogen-bond donors (Lipinski definition) is 1. The van der Waals surface area contributed by atoms with Crippen molar-refractivity contribution in [1.29, 1.82) is 0 Å². The molecule has 1 aromatic carbocycles. The topological polar surface area (TPSA) is 70.1 Å². The maximum absolute atomic E-state index is 12.6. The lowest BCUT2D eigenvalue weighted by atomic mass is 9.87. The Hall–Kier alpha value is -2.13. The van der Waals surface area contributed by atoms with E-state index in [-0.39, 0.29) is 11.5 Å². The number of ether oxygens (including phenoxy) is 1. The van der Waals surface area contributed by atoms with E-state index in [1.165, 1.54) is 5.56 Å². The van der Waals surface area contributed by atoms with Gasteiger partial charge < -0.3 is 19.6 Å². The second kappa shape index (κ2) is 9.13. The summed E-state index contributed by atoms with van der Waals surface area (Å²) < 4.78 is 37.9. The first-order chi connectivity index (χ1) is 13.4. The summed E-state index contributed by atoms with van der Waals surface area (Å²) in [5, 5.41) is 7.12. The van der Waals surface area contributed by atoms with Gasteiger partial charge in [-0.25, -0.2) is 4.79 Å². The fourth-order valence-corrected chi connectivity index (χ4v) is 3.50.